The van der Waals surface area contributed by atoms with Crippen LogP contribution in [0.3, 0.4) is 0 Å². The molecular weight excluding hydrogens is 424 g/mol. The van der Waals surface area contributed by atoms with Crippen molar-refractivity contribution >= 4 is 11.9 Å². The molecule has 7 atom stereocenters. The molecule has 33 heavy (non-hydrogen) atoms. The van der Waals surface area contributed by atoms with E-state index in [1.807, 2.05) is 32.9 Å². The summed E-state index contributed by atoms with van der Waals surface area (Å²) < 4.78 is 6.12. The van der Waals surface area contributed by atoms with Gasteiger partial charge in [-0.3, -0.25) is 9.59 Å². The second kappa shape index (κ2) is 12.1. The first kappa shape index (κ1) is 27.5. The fourth-order valence-corrected chi connectivity index (χ4v) is 5.53. The van der Waals surface area contributed by atoms with E-state index in [-0.39, 0.29) is 36.6 Å². The van der Waals surface area contributed by atoms with Crippen LogP contribution in [0.25, 0.3) is 0 Å². The minimum atomic E-state index is -1.09. The molecule has 0 saturated carbocycles. The Hall–Kier alpha value is -1.70. The van der Waals surface area contributed by atoms with Gasteiger partial charge in [0.25, 0.3) is 0 Å². The number of rotatable bonds is 12. The molecule has 0 unspecified atom stereocenters. The van der Waals surface area contributed by atoms with Gasteiger partial charge < -0.3 is 25.2 Å². The maximum absolute atomic E-state index is 13.2. The summed E-state index contributed by atoms with van der Waals surface area (Å²) in [7, 11) is 0. The van der Waals surface area contributed by atoms with Crippen molar-refractivity contribution in [3.8, 4) is 0 Å². The average Bonchev–Trinajstić information content (AvgIpc) is 2.74. The van der Waals surface area contributed by atoms with Crippen molar-refractivity contribution in [2.24, 2.45) is 23.2 Å². The van der Waals surface area contributed by atoms with Crippen LogP contribution < -0.4 is 0 Å². The van der Waals surface area contributed by atoms with Gasteiger partial charge in [-0.1, -0.05) is 45.9 Å². The summed E-state index contributed by atoms with van der Waals surface area (Å²) >= 11 is 0. The third kappa shape index (κ3) is 6.90. The SMILES string of the molecule is CCC(CC)(CC)C(=O)O[C@H]1C[C@H](O)C=C2C=C[C@H](C)[C@H](CC[C@@H](O)C[C@@H](O)CC(=O)O)[C@H]21. The van der Waals surface area contributed by atoms with Crippen molar-refractivity contribution in [1.29, 1.82) is 0 Å². The van der Waals surface area contributed by atoms with Crippen LogP contribution in [0.5, 0.6) is 0 Å². The van der Waals surface area contributed by atoms with Gasteiger partial charge in [0, 0.05) is 12.3 Å². The molecule has 0 spiro atoms. The van der Waals surface area contributed by atoms with Gasteiger partial charge in [0.05, 0.1) is 30.1 Å². The molecule has 0 heterocycles. The predicted molar refractivity (Wildman–Crippen MR) is 125 cm³/mol. The van der Waals surface area contributed by atoms with E-state index < -0.39 is 35.8 Å². The number of carbonyl (C=O) groups is 2. The number of aliphatic hydroxyl groups excluding tert-OH is 3. The van der Waals surface area contributed by atoms with Crippen molar-refractivity contribution in [2.75, 3.05) is 0 Å². The molecule has 0 aromatic carbocycles. The van der Waals surface area contributed by atoms with E-state index in [0.29, 0.717) is 38.5 Å². The molecule has 2 aliphatic carbocycles. The van der Waals surface area contributed by atoms with Gasteiger partial charge in [-0.2, -0.15) is 0 Å². The number of esters is 1. The smallest absolute Gasteiger partial charge is 0.312 e. The summed E-state index contributed by atoms with van der Waals surface area (Å²) in [6.45, 7) is 8.11. The Kier molecular flexibility index (Phi) is 10.1. The highest BCUT2D eigenvalue weighted by Gasteiger charge is 2.44. The third-order valence-corrected chi connectivity index (χ3v) is 7.88. The lowest BCUT2D eigenvalue weighted by atomic mass is 9.66. The molecule has 0 aromatic heterocycles. The molecule has 0 bridgehead atoms. The van der Waals surface area contributed by atoms with Crippen LogP contribution in [-0.4, -0.2) is 56.8 Å². The maximum Gasteiger partial charge on any atom is 0.312 e. The van der Waals surface area contributed by atoms with Crippen molar-refractivity contribution in [2.45, 2.75) is 103 Å². The number of ether oxygens (including phenoxy) is 1. The van der Waals surface area contributed by atoms with E-state index >= 15 is 0 Å². The zero-order valence-electron chi connectivity index (χ0n) is 20.4. The molecule has 0 radical (unpaired) electrons. The highest BCUT2D eigenvalue weighted by molar-refractivity contribution is 5.77. The number of fused-ring (bicyclic) bond motifs is 1. The Labute approximate surface area is 197 Å². The Morgan fingerprint density at radius 2 is 1.79 bits per heavy atom. The topological polar surface area (TPSA) is 124 Å². The van der Waals surface area contributed by atoms with Gasteiger partial charge in [-0.05, 0) is 55.9 Å². The first-order valence-electron chi connectivity index (χ1n) is 12.4. The highest BCUT2D eigenvalue weighted by atomic mass is 16.5. The van der Waals surface area contributed by atoms with Gasteiger partial charge in [0.15, 0.2) is 0 Å². The summed E-state index contributed by atoms with van der Waals surface area (Å²) in [6, 6.07) is 0. The maximum atomic E-state index is 13.2. The molecule has 7 heteroatoms. The number of carbonyl (C=O) groups excluding carboxylic acids is 1. The van der Waals surface area contributed by atoms with E-state index in [1.54, 1.807) is 0 Å². The molecule has 0 fully saturated rings. The summed E-state index contributed by atoms with van der Waals surface area (Å²) in [5, 5.41) is 39.5. The van der Waals surface area contributed by atoms with Crippen molar-refractivity contribution < 1.29 is 34.8 Å². The number of allylic oxidation sites excluding steroid dienone is 2. The van der Waals surface area contributed by atoms with E-state index in [2.05, 4.69) is 13.0 Å². The van der Waals surface area contributed by atoms with Gasteiger partial charge in [-0.15, -0.1) is 0 Å². The number of hydrogen-bond donors (Lipinski definition) is 4. The van der Waals surface area contributed by atoms with Crippen LogP contribution in [0.15, 0.2) is 23.8 Å². The van der Waals surface area contributed by atoms with Crippen molar-refractivity contribution in [3.05, 3.63) is 23.8 Å². The fraction of sp³-hybridized carbons (Fsp3) is 0.769. The molecule has 0 aliphatic heterocycles. The summed E-state index contributed by atoms with van der Waals surface area (Å²) in [6.07, 6.45) is 6.05. The molecule has 0 saturated heterocycles. The zero-order chi connectivity index (χ0) is 24.8. The van der Waals surface area contributed by atoms with Gasteiger partial charge in [0.1, 0.15) is 6.10 Å². The summed E-state index contributed by atoms with van der Waals surface area (Å²) in [5.74, 6) is -1.09. The van der Waals surface area contributed by atoms with Crippen LogP contribution in [0, 0.1) is 23.2 Å². The molecule has 0 amide bonds. The second-order valence-electron chi connectivity index (χ2n) is 9.88. The van der Waals surface area contributed by atoms with E-state index in [9.17, 15) is 24.9 Å². The van der Waals surface area contributed by atoms with Crippen molar-refractivity contribution in [3.63, 3.8) is 0 Å². The highest BCUT2D eigenvalue weighted by Crippen LogP contribution is 2.45. The Morgan fingerprint density at radius 3 is 2.36 bits per heavy atom. The lowest BCUT2D eigenvalue weighted by molar-refractivity contribution is -0.168. The predicted octanol–water partition coefficient (Wildman–Crippen LogP) is 3.61. The van der Waals surface area contributed by atoms with E-state index in [1.165, 1.54) is 0 Å². The molecule has 2 rings (SSSR count). The molecule has 4 N–H and O–H groups in total. The Balaban J connectivity index is 2.17. The minimum Gasteiger partial charge on any atom is -0.481 e. The molecule has 188 valence electrons. The number of aliphatic carboxylic acids is 1. The van der Waals surface area contributed by atoms with Gasteiger partial charge in [-0.25, -0.2) is 0 Å². The van der Waals surface area contributed by atoms with Crippen LogP contribution in [0.2, 0.25) is 0 Å². The van der Waals surface area contributed by atoms with Crippen LogP contribution in [0.1, 0.15) is 79.1 Å². The zero-order valence-corrected chi connectivity index (χ0v) is 20.4. The number of carboxylic acids is 1. The standard InChI is InChI=1S/C26H42O7/c1-5-26(6-2,7-3)25(32)33-22-14-19(28)12-17-9-8-16(4)21(24(17)22)11-10-18(27)13-20(29)15-23(30)31/h8-9,12,16,18-22,24,27-29H,5-7,10-11,13-15H2,1-4H3,(H,30,31)/t16-,18+,19+,20+,21-,22-,24-/m0/s1. The van der Waals surface area contributed by atoms with Crippen LogP contribution in [-0.2, 0) is 14.3 Å². The Bertz CT molecular complexity index is 716. The molecule has 0 aromatic rings. The van der Waals surface area contributed by atoms with Crippen LogP contribution in [0.4, 0.5) is 0 Å². The van der Waals surface area contributed by atoms with Gasteiger partial charge in [0.2, 0.25) is 0 Å². The second-order valence-corrected chi connectivity index (χ2v) is 9.88. The Morgan fingerprint density at radius 1 is 1.15 bits per heavy atom. The van der Waals surface area contributed by atoms with E-state index in [4.69, 9.17) is 9.84 Å². The largest absolute Gasteiger partial charge is 0.481 e. The first-order chi connectivity index (χ1) is 15.6. The minimum absolute atomic E-state index is 0.0136. The van der Waals surface area contributed by atoms with Crippen LogP contribution >= 0.6 is 0 Å². The third-order valence-electron chi connectivity index (χ3n) is 7.88. The summed E-state index contributed by atoms with van der Waals surface area (Å²) in [4.78, 5) is 24.0. The lowest BCUT2D eigenvalue weighted by Crippen LogP contribution is -2.45. The molecular formula is C26H42O7. The first-order valence-corrected chi connectivity index (χ1v) is 12.4. The van der Waals surface area contributed by atoms with Crippen molar-refractivity contribution in [1.82, 2.24) is 0 Å². The average molecular weight is 467 g/mol. The fourth-order valence-electron chi connectivity index (χ4n) is 5.53. The number of carboxylic acid groups (broad SMARTS) is 1. The molecule has 2 aliphatic rings. The summed E-state index contributed by atoms with van der Waals surface area (Å²) in [5.41, 5.74) is 0.444. The normalized spacial score (nSPS) is 29.1. The van der Waals surface area contributed by atoms with Gasteiger partial charge >= 0.3 is 11.9 Å². The molecule has 7 nitrogen and oxygen atoms in total. The lowest BCUT2D eigenvalue weighted by Gasteiger charge is -2.44. The number of hydrogen-bond acceptors (Lipinski definition) is 6. The monoisotopic (exact) mass is 466 g/mol. The van der Waals surface area contributed by atoms with E-state index in [0.717, 1.165) is 5.57 Å². The number of aliphatic hydroxyl groups is 3. The quantitative estimate of drug-likeness (QED) is 0.324.